The predicted molar refractivity (Wildman–Crippen MR) is 56.1 cm³/mol. The van der Waals surface area contributed by atoms with Crippen molar-refractivity contribution in [3.63, 3.8) is 0 Å². The van der Waals surface area contributed by atoms with E-state index < -0.39 is 6.09 Å². The number of hydrogen-bond donors (Lipinski definition) is 2. The number of amides is 1. The van der Waals surface area contributed by atoms with Crippen molar-refractivity contribution in [1.82, 2.24) is 20.3 Å². The van der Waals surface area contributed by atoms with Gasteiger partial charge in [0.15, 0.2) is 0 Å². The van der Waals surface area contributed by atoms with E-state index in [0.29, 0.717) is 10.8 Å². The highest BCUT2D eigenvalue weighted by atomic mass is 35.5. The summed E-state index contributed by atoms with van der Waals surface area (Å²) >= 11 is 5.99. The van der Waals surface area contributed by atoms with Gasteiger partial charge >= 0.3 is 6.09 Å². The zero-order chi connectivity index (χ0) is 11.1. The molecular weight excluding hydrogens is 232 g/mol. The van der Waals surface area contributed by atoms with E-state index in [0.717, 1.165) is 10.9 Å². The van der Waals surface area contributed by atoms with Crippen LogP contribution < -0.4 is 5.32 Å². The lowest BCUT2D eigenvalue weighted by Crippen LogP contribution is -2.18. The number of cyclic esters (lactones) is 1. The fourth-order valence-corrected chi connectivity index (χ4v) is 2.02. The molecule has 1 atom stereocenters. The summed E-state index contributed by atoms with van der Waals surface area (Å²) in [5.41, 5.74) is 1.49. The summed E-state index contributed by atoms with van der Waals surface area (Å²) in [6.45, 7) is 0.289. The zero-order valence-electron chi connectivity index (χ0n) is 8.03. The number of fused-ring (bicyclic) bond motifs is 1. The molecule has 3 rings (SSSR count). The zero-order valence-corrected chi connectivity index (χ0v) is 8.78. The monoisotopic (exact) mass is 238 g/mol. The molecule has 6 nitrogen and oxygen atoms in total. The van der Waals surface area contributed by atoms with Crippen molar-refractivity contribution < 1.29 is 9.53 Å². The molecule has 0 saturated carbocycles. The van der Waals surface area contributed by atoms with Crippen LogP contribution in [0.3, 0.4) is 0 Å². The molecule has 3 heterocycles. The third kappa shape index (κ3) is 1.30. The van der Waals surface area contributed by atoms with Gasteiger partial charge in [-0.15, -0.1) is 0 Å². The van der Waals surface area contributed by atoms with Gasteiger partial charge in [-0.2, -0.15) is 0 Å². The summed E-state index contributed by atoms with van der Waals surface area (Å²) in [7, 11) is 0. The molecule has 1 saturated heterocycles. The van der Waals surface area contributed by atoms with E-state index in [-0.39, 0.29) is 12.6 Å². The minimum Gasteiger partial charge on any atom is -0.447 e. The number of hydrogen-bond acceptors (Lipinski definition) is 4. The number of alkyl carbamates (subject to hydrolysis) is 1. The van der Waals surface area contributed by atoms with Gasteiger partial charge in [0.05, 0.1) is 11.4 Å². The van der Waals surface area contributed by atoms with Crippen LogP contribution in [-0.2, 0) is 4.74 Å². The van der Waals surface area contributed by atoms with Crippen molar-refractivity contribution >= 4 is 28.7 Å². The van der Waals surface area contributed by atoms with Gasteiger partial charge in [0.2, 0.25) is 0 Å². The lowest BCUT2D eigenvalue weighted by molar-refractivity contribution is 0.177. The van der Waals surface area contributed by atoms with Crippen LogP contribution in [0, 0.1) is 0 Å². The normalized spacial score (nSPS) is 19.8. The van der Waals surface area contributed by atoms with E-state index in [1.54, 1.807) is 6.20 Å². The summed E-state index contributed by atoms with van der Waals surface area (Å²) < 4.78 is 4.83. The van der Waals surface area contributed by atoms with Gasteiger partial charge in [-0.25, -0.2) is 14.8 Å². The quantitative estimate of drug-likeness (QED) is 0.736. The van der Waals surface area contributed by atoms with Crippen molar-refractivity contribution in [1.29, 1.82) is 0 Å². The summed E-state index contributed by atoms with van der Waals surface area (Å²) in [5, 5.41) is 3.77. The first-order valence-electron chi connectivity index (χ1n) is 4.66. The van der Waals surface area contributed by atoms with Crippen LogP contribution >= 0.6 is 11.6 Å². The SMILES string of the molecule is O=C1NC(c2c[nH]c3ncnc(Cl)c23)CO1. The summed E-state index contributed by atoms with van der Waals surface area (Å²) in [4.78, 5) is 21.9. The van der Waals surface area contributed by atoms with E-state index in [1.165, 1.54) is 6.33 Å². The van der Waals surface area contributed by atoms with E-state index in [1.807, 2.05) is 0 Å². The fraction of sp³-hybridized carbons (Fsp3) is 0.222. The molecule has 0 spiro atoms. The maximum atomic E-state index is 11.0. The molecule has 2 aromatic heterocycles. The first kappa shape index (κ1) is 9.41. The second kappa shape index (κ2) is 3.34. The highest BCUT2D eigenvalue weighted by Crippen LogP contribution is 2.29. The second-order valence-corrected chi connectivity index (χ2v) is 3.79. The van der Waals surface area contributed by atoms with E-state index in [2.05, 4.69) is 20.3 Å². The number of halogens is 1. The van der Waals surface area contributed by atoms with Gasteiger partial charge in [-0.3, -0.25) is 0 Å². The predicted octanol–water partition coefficient (Wildman–Crippen LogP) is 1.39. The number of nitrogens with zero attached hydrogens (tertiary/aromatic N) is 2. The lowest BCUT2D eigenvalue weighted by atomic mass is 10.1. The standard InChI is InChI=1S/C9H7ClN4O2/c10-7-6-4(5-2-16-9(15)14-5)1-11-8(6)13-3-12-7/h1,3,5H,2H2,(H,14,15)(H,11,12,13). The third-order valence-electron chi connectivity index (χ3n) is 2.50. The lowest BCUT2D eigenvalue weighted by Gasteiger charge is -2.05. The molecule has 1 amide bonds. The van der Waals surface area contributed by atoms with Gasteiger partial charge < -0.3 is 15.0 Å². The number of aromatic nitrogens is 3. The van der Waals surface area contributed by atoms with Crippen LogP contribution in [0.1, 0.15) is 11.6 Å². The Morgan fingerprint density at radius 1 is 1.50 bits per heavy atom. The molecule has 82 valence electrons. The van der Waals surface area contributed by atoms with Crippen molar-refractivity contribution in [2.24, 2.45) is 0 Å². The van der Waals surface area contributed by atoms with Crippen molar-refractivity contribution in [2.45, 2.75) is 6.04 Å². The molecule has 1 unspecified atom stereocenters. The number of H-pyrrole nitrogens is 1. The number of carbonyl (C=O) groups excluding carboxylic acids is 1. The number of rotatable bonds is 1. The number of aromatic amines is 1. The molecule has 2 N–H and O–H groups in total. The Bertz CT molecular complexity index is 568. The molecule has 2 aromatic rings. The Hall–Kier alpha value is -1.82. The Labute approximate surface area is 95.0 Å². The minimum atomic E-state index is -0.424. The van der Waals surface area contributed by atoms with Crippen LogP contribution in [0.5, 0.6) is 0 Å². The molecule has 7 heteroatoms. The van der Waals surface area contributed by atoms with Gasteiger partial charge in [-0.1, -0.05) is 11.6 Å². The third-order valence-corrected chi connectivity index (χ3v) is 2.79. The highest BCUT2D eigenvalue weighted by molar-refractivity contribution is 6.34. The Balaban J connectivity index is 2.13. The van der Waals surface area contributed by atoms with Gasteiger partial charge in [0, 0.05) is 11.8 Å². The second-order valence-electron chi connectivity index (χ2n) is 3.43. The molecule has 0 aliphatic carbocycles. The van der Waals surface area contributed by atoms with Crippen molar-refractivity contribution in [3.05, 3.63) is 23.2 Å². The Morgan fingerprint density at radius 3 is 3.12 bits per heavy atom. The summed E-state index contributed by atoms with van der Waals surface area (Å²) in [5.74, 6) is 0. The van der Waals surface area contributed by atoms with Crippen LogP contribution in [0.2, 0.25) is 5.15 Å². The van der Waals surface area contributed by atoms with Crippen LogP contribution in [0.15, 0.2) is 12.5 Å². The largest absolute Gasteiger partial charge is 0.447 e. The van der Waals surface area contributed by atoms with Gasteiger partial charge in [-0.05, 0) is 0 Å². The fourth-order valence-electron chi connectivity index (χ4n) is 1.77. The molecule has 16 heavy (non-hydrogen) atoms. The van der Waals surface area contributed by atoms with E-state index in [9.17, 15) is 4.79 Å². The van der Waals surface area contributed by atoms with Gasteiger partial charge in [0.25, 0.3) is 0 Å². The highest BCUT2D eigenvalue weighted by Gasteiger charge is 2.27. The average Bonchev–Trinajstić information content (AvgIpc) is 2.84. The molecule has 1 aliphatic rings. The van der Waals surface area contributed by atoms with Gasteiger partial charge in [0.1, 0.15) is 23.7 Å². The molecule has 1 aliphatic heterocycles. The van der Waals surface area contributed by atoms with E-state index >= 15 is 0 Å². The van der Waals surface area contributed by atoms with Crippen LogP contribution in [-0.4, -0.2) is 27.7 Å². The first-order chi connectivity index (χ1) is 7.75. The minimum absolute atomic E-state index is 0.204. The molecule has 1 fully saturated rings. The molecular formula is C9H7ClN4O2. The Kier molecular flexibility index (Phi) is 1.97. The molecule has 0 bridgehead atoms. The average molecular weight is 239 g/mol. The topological polar surface area (TPSA) is 79.9 Å². The number of carbonyl (C=O) groups is 1. The number of ether oxygens (including phenoxy) is 1. The van der Waals surface area contributed by atoms with Crippen molar-refractivity contribution in [2.75, 3.05) is 6.61 Å². The Morgan fingerprint density at radius 2 is 2.38 bits per heavy atom. The number of nitrogens with one attached hydrogen (secondary N) is 2. The van der Waals surface area contributed by atoms with E-state index in [4.69, 9.17) is 16.3 Å². The maximum absolute atomic E-state index is 11.0. The summed E-state index contributed by atoms with van der Waals surface area (Å²) in [6.07, 6.45) is 2.71. The maximum Gasteiger partial charge on any atom is 0.407 e. The molecule has 0 aromatic carbocycles. The smallest absolute Gasteiger partial charge is 0.407 e. The molecule has 0 radical (unpaired) electrons. The first-order valence-corrected chi connectivity index (χ1v) is 5.04. The van der Waals surface area contributed by atoms with Crippen LogP contribution in [0.25, 0.3) is 11.0 Å². The van der Waals surface area contributed by atoms with Crippen LogP contribution in [0.4, 0.5) is 4.79 Å². The summed E-state index contributed by atoms with van der Waals surface area (Å²) in [6, 6.07) is -0.204. The van der Waals surface area contributed by atoms with Crippen molar-refractivity contribution in [3.8, 4) is 0 Å².